The highest BCUT2D eigenvalue weighted by Gasteiger charge is 2.37. The van der Waals surface area contributed by atoms with Crippen molar-refractivity contribution in [2.75, 3.05) is 5.32 Å². The van der Waals surface area contributed by atoms with Gasteiger partial charge in [0.15, 0.2) is 5.78 Å². The summed E-state index contributed by atoms with van der Waals surface area (Å²) in [6.07, 6.45) is 6.23. The van der Waals surface area contributed by atoms with Crippen molar-refractivity contribution in [3.63, 3.8) is 0 Å². The van der Waals surface area contributed by atoms with Gasteiger partial charge in [-0.05, 0) is 39.5 Å². The number of ketones is 1. The summed E-state index contributed by atoms with van der Waals surface area (Å²) in [6, 6.07) is 0. The fourth-order valence-corrected chi connectivity index (χ4v) is 3.04. The van der Waals surface area contributed by atoms with Gasteiger partial charge in [-0.1, -0.05) is 6.42 Å². The van der Waals surface area contributed by atoms with E-state index in [1.807, 2.05) is 7.05 Å². The highest BCUT2D eigenvalue weighted by atomic mass is 16.6. The maximum absolute atomic E-state index is 12.9. The standard InChI is InChI=1S/C17H23N3O3/c1-17(2,3)23-16(22)19-12-9-20(4)15-13(12)14(21)11(8-18-15)10-6-5-7-10/h8-11H,5-7H2,1-4H3,(H,19,22). The van der Waals surface area contributed by atoms with Crippen LogP contribution in [0.3, 0.4) is 0 Å². The Morgan fingerprint density at radius 1 is 1.39 bits per heavy atom. The summed E-state index contributed by atoms with van der Waals surface area (Å²) in [7, 11) is 1.81. The summed E-state index contributed by atoms with van der Waals surface area (Å²) < 4.78 is 7.03. The molecule has 1 aliphatic heterocycles. The molecule has 1 aromatic heterocycles. The van der Waals surface area contributed by atoms with Gasteiger partial charge in [0.2, 0.25) is 0 Å². The van der Waals surface area contributed by atoms with E-state index in [2.05, 4.69) is 10.3 Å². The molecule has 1 amide bonds. The van der Waals surface area contributed by atoms with E-state index in [-0.39, 0.29) is 11.7 Å². The summed E-state index contributed by atoms with van der Waals surface area (Å²) in [5.74, 6) is 0.856. The van der Waals surface area contributed by atoms with E-state index in [0.717, 1.165) is 12.8 Å². The molecule has 0 bridgehead atoms. The van der Waals surface area contributed by atoms with Crippen LogP contribution in [0.15, 0.2) is 11.2 Å². The van der Waals surface area contributed by atoms with Gasteiger partial charge in [-0.3, -0.25) is 10.1 Å². The highest BCUT2D eigenvalue weighted by molar-refractivity contribution is 6.16. The first-order chi connectivity index (χ1) is 10.8. The van der Waals surface area contributed by atoms with E-state index in [1.54, 1.807) is 37.7 Å². The van der Waals surface area contributed by atoms with Gasteiger partial charge < -0.3 is 9.30 Å². The monoisotopic (exact) mass is 317 g/mol. The fraction of sp³-hybridized carbons (Fsp3) is 0.588. The molecule has 1 unspecified atom stereocenters. The third kappa shape index (κ3) is 3.02. The Morgan fingerprint density at radius 2 is 2.09 bits per heavy atom. The SMILES string of the molecule is Cn1cc(NC(=O)OC(C)(C)C)c2c1N=CC(C1CCC1)C2=O. The molecule has 6 heteroatoms. The van der Waals surface area contributed by atoms with Crippen LogP contribution in [0.25, 0.3) is 0 Å². The number of aromatic nitrogens is 1. The lowest BCUT2D eigenvalue weighted by molar-refractivity contribution is 0.0636. The van der Waals surface area contributed by atoms with Crippen molar-refractivity contribution in [1.82, 2.24) is 4.57 Å². The lowest BCUT2D eigenvalue weighted by atomic mass is 9.73. The van der Waals surface area contributed by atoms with Crippen LogP contribution in [-0.2, 0) is 11.8 Å². The smallest absolute Gasteiger partial charge is 0.412 e. The Morgan fingerprint density at radius 3 is 2.65 bits per heavy atom. The highest BCUT2D eigenvalue weighted by Crippen LogP contribution is 2.41. The van der Waals surface area contributed by atoms with Gasteiger partial charge in [0.25, 0.3) is 0 Å². The van der Waals surface area contributed by atoms with Crippen molar-refractivity contribution in [3.8, 4) is 0 Å². The molecule has 1 saturated carbocycles. The molecule has 1 N–H and O–H groups in total. The fourth-order valence-electron chi connectivity index (χ4n) is 3.04. The summed E-state index contributed by atoms with van der Waals surface area (Å²) in [5, 5.41) is 2.70. The van der Waals surface area contributed by atoms with Crippen LogP contribution in [0, 0.1) is 11.8 Å². The van der Waals surface area contributed by atoms with Crippen LogP contribution in [-0.4, -0.2) is 28.3 Å². The molecule has 3 rings (SSSR count). The van der Waals surface area contributed by atoms with E-state index < -0.39 is 11.7 Å². The van der Waals surface area contributed by atoms with Crippen LogP contribution in [0.4, 0.5) is 16.3 Å². The summed E-state index contributed by atoms with van der Waals surface area (Å²) >= 11 is 0. The molecule has 1 fully saturated rings. The third-order valence-corrected chi connectivity index (χ3v) is 4.35. The number of amides is 1. The molecule has 0 spiro atoms. The lowest BCUT2D eigenvalue weighted by Crippen LogP contribution is -2.32. The predicted molar refractivity (Wildman–Crippen MR) is 88.6 cm³/mol. The number of aryl methyl sites for hydroxylation is 1. The quantitative estimate of drug-likeness (QED) is 0.904. The van der Waals surface area contributed by atoms with Gasteiger partial charge >= 0.3 is 6.09 Å². The van der Waals surface area contributed by atoms with Crippen molar-refractivity contribution in [3.05, 3.63) is 11.8 Å². The first-order valence-electron chi connectivity index (χ1n) is 8.04. The number of carbonyl (C=O) groups is 2. The molecule has 1 atom stereocenters. The van der Waals surface area contributed by atoms with Crippen molar-refractivity contribution in [1.29, 1.82) is 0 Å². The molecule has 2 aliphatic rings. The molecule has 1 aromatic rings. The normalized spacial score (nSPS) is 20.9. The second kappa shape index (κ2) is 5.51. The van der Waals surface area contributed by atoms with E-state index in [9.17, 15) is 9.59 Å². The van der Waals surface area contributed by atoms with Gasteiger partial charge in [-0.25, -0.2) is 9.79 Å². The van der Waals surface area contributed by atoms with E-state index in [0.29, 0.717) is 23.0 Å². The number of fused-ring (bicyclic) bond motifs is 1. The lowest BCUT2D eigenvalue weighted by Gasteiger charge is -2.32. The molecule has 2 heterocycles. The Hall–Kier alpha value is -2.11. The predicted octanol–water partition coefficient (Wildman–Crippen LogP) is 3.69. The molecule has 23 heavy (non-hydrogen) atoms. The number of aliphatic imine (C=N–C) groups is 1. The average molecular weight is 317 g/mol. The maximum Gasteiger partial charge on any atom is 0.412 e. The first-order valence-corrected chi connectivity index (χ1v) is 8.04. The van der Waals surface area contributed by atoms with E-state index in [1.165, 1.54) is 6.42 Å². The first kappa shape index (κ1) is 15.8. The Bertz CT molecular complexity index is 678. The Balaban J connectivity index is 1.86. The molecular formula is C17H23N3O3. The molecule has 0 radical (unpaired) electrons. The van der Waals surface area contributed by atoms with E-state index >= 15 is 0 Å². The number of nitrogens with zero attached hydrogens (tertiary/aromatic N) is 2. The van der Waals surface area contributed by atoms with Gasteiger partial charge in [-0.2, -0.15) is 0 Å². The van der Waals surface area contributed by atoms with Crippen LogP contribution in [0.2, 0.25) is 0 Å². The summed E-state index contributed by atoms with van der Waals surface area (Å²) in [4.78, 5) is 29.3. The summed E-state index contributed by atoms with van der Waals surface area (Å²) in [5.41, 5.74) is 0.385. The number of hydrogen-bond donors (Lipinski definition) is 1. The van der Waals surface area contributed by atoms with Crippen LogP contribution < -0.4 is 5.32 Å². The number of nitrogens with one attached hydrogen (secondary N) is 1. The largest absolute Gasteiger partial charge is 0.444 e. The topological polar surface area (TPSA) is 72.7 Å². The molecular weight excluding hydrogens is 294 g/mol. The van der Waals surface area contributed by atoms with Gasteiger partial charge in [0.05, 0.1) is 17.2 Å². The van der Waals surface area contributed by atoms with Gasteiger partial charge in [0.1, 0.15) is 11.4 Å². The average Bonchev–Trinajstić information content (AvgIpc) is 2.65. The molecule has 6 nitrogen and oxygen atoms in total. The second-order valence-corrected chi connectivity index (χ2v) is 7.34. The minimum absolute atomic E-state index is 0.0476. The molecule has 0 aromatic carbocycles. The number of carbonyl (C=O) groups excluding carboxylic acids is 2. The van der Waals surface area contributed by atoms with Crippen LogP contribution in [0.1, 0.15) is 50.4 Å². The van der Waals surface area contributed by atoms with Crippen LogP contribution in [0.5, 0.6) is 0 Å². The minimum Gasteiger partial charge on any atom is -0.444 e. The van der Waals surface area contributed by atoms with Crippen molar-refractivity contribution in [2.45, 2.75) is 45.6 Å². The van der Waals surface area contributed by atoms with Gasteiger partial charge in [0, 0.05) is 19.5 Å². The number of rotatable bonds is 2. The van der Waals surface area contributed by atoms with Crippen molar-refractivity contribution < 1.29 is 14.3 Å². The van der Waals surface area contributed by atoms with Crippen molar-refractivity contribution >= 4 is 29.6 Å². The minimum atomic E-state index is -0.588. The zero-order chi connectivity index (χ0) is 16.8. The summed E-state index contributed by atoms with van der Waals surface area (Å²) in [6.45, 7) is 5.40. The number of Topliss-reactive ketones (excluding diaryl/α,β-unsaturated/α-hetero) is 1. The Kier molecular flexibility index (Phi) is 3.78. The van der Waals surface area contributed by atoms with Crippen LogP contribution >= 0.6 is 0 Å². The zero-order valence-corrected chi connectivity index (χ0v) is 14.0. The number of anilines is 1. The van der Waals surface area contributed by atoms with Gasteiger partial charge in [-0.15, -0.1) is 0 Å². The second-order valence-electron chi connectivity index (χ2n) is 7.34. The third-order valence-electron chi connectivity index (χ3n) is 4.35. The maximum atomic E-state index is 12.9. The van der Waals surface area contributed by atoms with Crippen molar-refractivity contribution in [2.24, 2.45) is 23.9 Å². The van der Waals surface area contributed by atoms with E-state index in [4.69, 9.17) is 4.74 Å². The number of hydrogen-bond acceptors (Lipinski definition) is 4. The molecule has 1 aliphatic carbocycles. The number of ether oxygens (including phenoxy) is 1. The Labute approximate surface area is 135 Å². The molecule has 0 saturated heterocycles. The molecule has 124 valence electrons. The zero-order valence-electron chi connectivity index (χ0n) is 14.0.